The molecule has 3 aromatic rings. The van der Waals surface area contributed by atoms with Gasteiger partial charge >= 0.3 is 5.97 Å². The van der Waals surface area contributed by atoms with Gasteiger partial charge in [-0.2, -0.15) is 0 Å². The first kappa shape index (κ1) is 20.3. The third-order valence-electron chi connectivity index (χ3n) is 5.09. The van der Waals surface area contributed by atoms with E-state index in [-0.39, 0.29) is 10.9 Å². The summed E-state index contributed by atoms with van der Waals surface area (Å²) in [6.45, 7) is 0.357. The number of methoxy groups -OCH3 is 1. The van der Waals surface area contributed by atoms with Crippen LogP contribution in [-0.4, -0.2) is 38.4 Å². The molecule has 0 spiro atoms. The zero-order valence-corrected chi connectivity index (χ0v) is 17.0. The second-order valence-corrected chi connectivity index (χ2v) is 8.36. The molecule has 9 heteroatoms. The lowest BCUT2D eigenvalue weighted by Gasteiger charge is -2.24. The van der Waals surface area contributed by atoms with Crippen LogP contribution in [0.1, 0.15) is 33.6 Å². The number of aromatic carboxylic acids is 1. The number of thioether (sulfide) groups is 1. The SMILES string of the molecule is COc1ccc(Cn2nnc(C(=O)O)c2SC2CCc3cc(F)c(F)cc3C2)cc1. The van der Waals surface area contributed by atoms with Crippen molar-refractivity contribution in [2.24, 2.45) is 0 Å². The highest BCUT2D eigenvalue weighted by Gasteiger charge is 2.27. The van der Waals surface area contributed by atoms with E-state index in [0.717, 1.165) is 28.9 Å². The highest BCUT2D eigenvalue weighted by atomic mass is 32.2. The average Bonchev–Trinajstić information content (AvgIpc) is 3.12. The van der Waals surface area contributed by atoms with E-state index in [1.54, 1.807) is 11.8 Å². The van der Waals surface area contributed by atoms with Crippen LogP contribution in [0.15, 0.2) is 41.4 Å². The van der Waals surface area contributed by atoms with E-state index in [9.17, 15) is 18.7 Å². The van der Waals surface area contributed by atoms with Gasteiger partial charge in [0.15, 0.2) is 11.6 Å². The van der Waals surface area contributed by atoms with Gasteiger partial charge in [-0.3, -0.25) is 0 Å². The number of hydrogen-bond acceptors (Lipinski definition) is 5. The molecule has 0 saturated heterocycles. The fraction of sp³-hybridized carbons (Fsp3) is 0.286. The number of carboxylic acid groups (broad SMARTS) is 1. The first-order valence-electron chi connectivity index (χ1n) is 9.37. The Labute approximate surface area is 175 Å². The molecule has 1 heterocycles. The summed E-state index contributed by atoms with van der Waals surface area (Å²) in [7, 11) is 1.59. The van der Waals surface area contributed by atoms with Gasteiger partial charge in [0, 0.05) is 5.25 Å². The molecule has 6 nitrogen and oxygen atoms in total. The largest absolute Gasteiger partial charge is 0.497 e. The van der Waals surface area contributed by atoms with Crippen molar-refractivity contribution < 1.29 is 23.4 Å². The molecule has 0 bridgehead atoms. The molecule has 0 amide bonds. The summed E-state index contributed by atoms with van der Waals surface area (Å²) in [5.41, 5.74) is 2.37. The van der Waals surface area contributed by atoms with Crippen LogP contribution >= 0.6 is 11.8 Å². The van der Waals surface area contributed by atoms with Gasteiger partial charge < -0.3 is 9.84 Å². The Morgan fingerprint density at radius 2 is 1.93 bits per heavy atom. The second-order valence-electron chi connectivity index (χ2n) is 7.07. The first-order valence-corrected chi connectivity index (χ1v) is 10.3. The minimum atomic E-state index is -1.15. The van der Waals surface area contributed by atoms with Crippen LogP contribution in [0.3, 0.4) is 0 Å². The van der Waals surface area contributed by atoms with E-state index < -0.39 is 17.6 Å². The van der Waals surface area contributed by atoms with E-state index in [0.29, 0.717) is 24.4 Å². The number of carbonyl (C=O) groups is 1. The normalized spacial score (nSPS) is 15.6. The van der Waals surface area contributed by atoms with Crippen molar-refractivity contribution in [3.63, 3.8) is 0 Å². The number of rotatable bonds is 6. The number of nitrogens with zero attached hydrogens (tertiary/aromatic N) is 3. The smallest absolute Gasteiger partial charge is 0.359 e. The molecule has 0 saturated carbocycles. The highest BCUT2D eigenvalue weighted by molar-refractivity contribution is 8.00. The van der Waals surface area contributed by atoms with Gasteiger partial charge in [0.25, 0.3) is 0 Å². The molecular formula is C21H19F2N3O3S. The van der Waals surface area contributed by atoms with Crippen LogP contribution in [0.5, 0.6) is 5.75 Å². The predicted octanol–water partition coefficient (Wildman–Crippen LogP) is 3.96. The van der Waals surface area contributed by atoms with E-state index in [1.807, 2.05) is 24.3 Å². The van der Waals surface area contributed by atoms with Crippen molar-refractivity contribution >= 4 is 17.7 Å². The fourth-order valence-corrected chi connectivity index (χ4v) is 4.81. The topological polar surface area (TPSA) is 77.2 Å². The molecule has 1 aliphatic carbocycles. The summed E-state index contributed by atoms with van der Waals surface area (Å²) in [5, 5.41) is 17.9. The molecule has 1 atom stereocenters. The number of ether oxygens (including phenoxy) is 1. The maximum Gasteiger partial charge on any atom is 0.359 e. The molecule has 30 heavy (non-hydrogen) atoms. The number of hydrogen-bond donors (Lipinski definition) is 1. The van der Waals surface area contributed by atoms with Gasteiger partial charge in [-0.05, 0) is 60.2 Å². The van der Waals surface area contributed by atoms with Crippen molar-refractivity contribution in [1.82, 2.24) is 15.0 Å². The molecule has 0 aliphatic heterocycles. The van der Waals surface area contributed by atoms with Crippen LogP contribution in [0.2, 0.25) is 0 Å². The predicted molar refractivity (Wildman–Crippen MR) is 107 cm³/mol. The molecule has 1 N–H and O–H groups in total. The summed E-state index contributed by atoms with van der Waals surface area (Å²) in [6.07, 6.45) is 1.84. The van der Waals surface area contributed by atoms with E-state index >= 15 is 0 Å². The van der Waals surface area contributed by atoms with Crippen LogP contribution in [-0.2, 0) is 19.4 Å². The Kier molecular flexibility index (Phi) is 5.72. The second kappa shape index (κ2) is 8.43. The van der Waals surface area contributed by atoms with Crippen molar-refractivity contribution in [2.45, 2.75) is 36.1 Å². The van der Waals surface area contributed by atoms with Crippen molar-refractivity contribution in [3.05, 3.63) is 70.4 Å². The molecule has 1 unspecified atom stereocenters. The number of aryl methyl sites for hydroxylation is 1. The molecule has 1 aliphatic rings. The third kappa shape index (κ3) is 4.16. The van der Waals surface area contributed by atoms with E-state index in [1.165, 1.54) is 23.9 Å². The van der Waals surface area contributed by atoms with E-state index in [4.69, 9.17) is 4.74 Å². The van der Waals surface area contributed by atoms with Crippen LogP contribution in [0.25, 0.3) is 0 Å². The standard InChI is InChI=1S/C21H19F2N3O3S/c1-29-15-5-2-12(3-6-15)11-26-20(19(21(27)28)24-25-26)30-16-7-4-13-9-17(22)18(23)10-14(13)8-16/h2-3,5-6,9-10,16H,4,7-8,11H2,1H3,(H,27,28). The van der Waals surface area contributed by atoms with E-state index in [2.05, 4.69) is 10.3 Å². The summed E-state index contributed by atoms with van der Waals surface area (Å²) in [6, 6.07) is 9.89. The highest BCUT2D eigenvalue weighted by Crippen LogP contribution is 2.35. The Bertz CT molecular complexity index is 1090. The van der Waals surface area contributed by atoms with Gasteiger partial charge in [-0.1, -0.05) is 17.3 Å². The average molecular weight is 431 g/mol. The van der Waals surface area contributed by atoms with Crippen LogP contribution in [0, 0.1) is 11.6 Å². The summed E-state index contributed by atoms with van der Waals surface area (Å²) < 4.78 is 33.9. The fourth-order valence-electron chi connectivity index (χ4n) is 3.54. The quantitative estimate of drug-likeness (QED) is 0.637. The van der Waals surface area contributed by atoms with Crippen LogP contribution < -0.4 is 4.74 Å². The van der Waals surface area contributed by atoms with Gasteiger partial charge in [0.05, 0.1) is 13.7 Å². The zero-order chi connectivity index (χ0) is 21.3. The molecule has 0 fully saturated rings. The Morgan fingerprint density at radius 3 is 2.60 bits per heavy atom. The molecule has 0 radical (unpaired) electrons. The molecule has 4 rings (SSSR count). The van der Waals surface area contributed by atoms with Gasteiger partial charge in [0.1, 0.15) is 10.8 Å². The maximum absolute atomic E-state index is 13.6. The zero-order valence-electron chi connectivity index (χ0n) is 16.1. The minimum Gasteiger partial charge on any atom is -0.497 e. The maximum atomic E-state index is 13.6. The van der Waals surface area contributed by atoms with Crippen molar-refractivity contribution in [2.75, 3.05) is 7.11 Å². The van der Waals surface area contributed by atoms with Gasteiger partial charge in [0.2, 0.25) is 5.69 Å². The van der Waals surface area contributed by atoms with Gasteiger partial charge in [-0.25, -0.2) is 18.3 Å². The minimum absolute atomic E-state index is 0.00794. The summed E-state index contributed by atoms with van der Waals surface area (Å²) >= 11 is 1.37. The first-order chi connectivity index (χ1) is 14.4. The molecule has 156 valence electrons. The Hall–Kier alpha value is -2.94. The monoisotopic (exact) mass is 431 g/mol. The van der Waals surface area contributed by atoms with Crippen molar-refractivity contribution in [1.29, 1.82) is 0 Å². The summed E-state index contributed by atoms with van der Waals surface area (Å²) in [5.74, 6) is -2.13. The number of carboxylic acids is 1. The molecule has 1 aromatic heterocycles. The number of fused-ring (bicyclic) bond motifs is 1. The molecule has 2 aromatic carbocycles. The lowest BCUT2D eigenvalue weighted by Crippen LogP contribution is -2.18. The lowest BCUT2D eigenvalue weighted by atomic mass is 9.91. The van der Waals surface area contributed by atoms with Gasteiger partial charge in [-0.15, -0.1) is 16.9 Å². The number of halogens is 2. The molecular weight excluding hydrogens is 412 g/mol. The lowest BCUT2D eigenvalue weighted by molar-refractivity contribution is 0.0686. The number of aromatic nitrogens is 3. The Morgan fingerprint density at radius 1 is 1.23 bits per heavy atom. The van der Waals surface area contributed by atoms with Crippen LogP contribution in [0.4, 0.5) is 8.78 Å². The Balaban J connectivity index is 1.57. The van der Waals surface area contributed by atoms with Crippen molar-refractivity contribution in [3.8, 4) is 5.75 Å². The summed E-state index contributed by atoms with van der Waals surface area (Å²) in [4.78, 5) is 11.7. The number of benzene rings is 2. The third-order valence-corrected chi connectivity index (χ3v) is 6.45.